The molecular weight excluding hydrogens is 424 g/mol. The molecule has 0 spiro atoms. The quantitative estimate of drug-likeness (QED) is 0.606. The first-order chi connectivity index (χ1) is 14.3. The second kappa shape index (κ2) is 8.64. The van der Waals surface area contributed by atoms with Crippen molar-refractivity contribution in [1.29, 1.82) is 0 Å². The summed E-state index contributed by atoms with van der Waals surface area (Å²) >= 11 is 0. The molecule has 11 heteroatoms. The highest BCUT2D eigenvalue weighted by Gasteiger charge is 2.40. The van der Waals surface area contributed by atoms with Crippen LogP contribution in [0, 0.1) is 0 Å². The lowest BCUT2D eigenvalue weighted by atomic mass is 10.1. The monoisotopic (exact) mass is 452 g/mol. The number of rotatable bonds is 6. The van der Waals surface area contributed by atoms with Gasteiger partial charge in [-0.25, -0.2) is 8.42 Å². The molecule has 2 atom stereocenters. The van der Waals surface area contributed by atoms with Gasteiger partial charge in [0.2, 0.25) is 9.84 Å². The zero-order valence-corrected chi connectivity index (χ0v) is 19.1. The Morgan fingerprint density at radius 2 is 1.84 bits per heavy atom. The van der Waals surface area contributed by atoms with Crippen molar-refractivity contribution in [2.24, 2.45) is 0 Å². The molecule has 2 aromatic rings. The van der Waals surface area contributed by atoms with Crippen molar-refractivity contribution in [3.63, 3.8) is 0 Å². The van der Waals surface area contributed by atoms with Crippen LogP contribution in [-0.2, 0) is 28.8 Å². The van der Waals surface area contributed by atoms with E-state index in [2.05, 4.69) is 15.5 Å². The number of hydrogen-bond acceptors (Lipinski definition) is 9. The van der Waals surface area contributed by atoms with Crippen LogP contribution < -0.4 is 0 Å². The second-order valence-electron chi connectivity index (χ2n) is 8.90. The summed E-state index contributed by atoms with van der Waals surface area (Å²) in [6.45, 7) is 8.72. The third-order valence-corrected chi connectivity index (χ3v) is 5.99. The Morgan fingerprint density at radius 3 is 2.48 bits per heavy atom. The molecule has 0 saturated carbocycles. The number of ether oxygens (including phenoxy) is 3. The van der Waals surface area contributed by atoms with E-state index in [9.17, 15) is 13.2 Å². The average Bonchev–Trinajstić information content (AvgIpc) is 3.09. The lowest BCUT2D eigenvalue weighted by Crippen LogP contribution is -2.47. The van der Waals surface area contributed by atoms with Crippen LogP contribution in [-0.4, -0.2) is 63.9 Å². The summed E-state index contributed by atoms with van der Waals surface area (Å²) in [4.78, 5) is 12.2. The first-order valence-electron chi connectivity index (χ1n) is 9.99. The Kier molecular flexibility index (Phi) is 6.49. The van der Waals surface area contributed by atoms with Gasteiger partial charge >= 0.3 is 5.97 Å². The van der Waals surface area contributed by atoms with Crippen LogP contribution in [0.25, 0.3) is 5.69 Å². The number of aromatic nitrogens is 4. The van der Waals surface area contributed by atoms with Gasteiger partial charge in [-0.2, -0.15) is 4.68 Å². The van der Waals surface area contributed by atoms with Gasteiger partial charge in [0.25, 0.3) is 5.16 Å². The minimum Gasteiger partial charge on any atom is -0.460 e. The average molecular weight is 453 g/mol. The van der Waals surface area contributed by atoms with Crippen molar-refractivity contribution >= 4 is 15.8 Å². The summed E-state index contributed by atoms with van der Waals surface area (Å²) < 4.78 is 44.4. The van der Waals surface area contributed by atoms with Gasteiger partial charge in [-0.05, 0) is 57.2 Å². The SMILES string of the molecule is CC(C)(C)OC(=O)C[C@H]1C[C@@H](CS(=O)(=O)c2nnnn2-c2ccccc2)OC(C)(C)O1. The number of tetrazole rings is 1. The van der Waals surface area contributed by atoms with Crippen LogP contribution in [0.3, 0.4) is 0 Å². The number of hydrogen-bond donors (Lipinski definition) is 0. The molecule has 0 radical (unpaired) electrons. The molecule has 1 aromatic carbocycles. The maximum atomic E-state index is 13.1. The zero-order chi connectivity index (χ0) is 22.9. The van der Waals surface area contributed by atoms with Crippen molar-refractivity contribution in [2.75, 3.05) is 5.75 Å². The Bertz CT molecular complexity index is 1010. The zero-order valence-electron chi connectivity index (χ0n) is 18.3. The Labute approximate surface area is 181 Å². The minimum absolute atomic E-state index is 0.00234. The predicted octanol–water partition coefficient (Wildman–Crippen LogP) is 2.08. The molecule has 0 N–H and O–H groups in total. The predicted molar refractivity (Wildman–Crippen MR) is 110 cm³/mol. The summed E-state index contributed by atoms with van der Waals surface area (Å²) in [6, 6.07) is 8.75. The van der Waals surface area contributed by atoms with Gasteiger partial charge in [0, 0.05) is 6.42 Å². The van der Waals surface area contributed by atoms with Crippen molar-refractivity contribution < 1.29 is 27.4 Å². The summed E-state index contributed by atoms with van der Waals surface area (Å²) in [5, 5.41) is 10.8. The number of carbonyl (C=O) groups is 1. The number of nitrogens with zero attached hydrogens (tertiary/aromatic N) is 4. The number of esters is 1. The van der Waals surface area contributed by atoms with E-state index in [-0.39, 0.29) is 23.8 Å². The van der Waals surface area contributed by atoms with E-state index in [1.54, 1.807) is 58.9 Å². The van der Waals surface area contributed by atoms with Crippen LogP contribution in [0.2, 0.25) is 0 Å². The fraction of sp³-hybridized carbons (Fsp3) is 0.600. The van der Waals surface area contributed by atoms with Crippen molar-refractivity contribution in [2.45, 2.75) is 76.2 Å². The van der Waals surface area contributed by atoms with E-state index >= 15 is 0 Å². The maximum absolute atomic E-state index is 13.1. The van der Waals surface area contributed by atoms with E-state index in [0.29, 0.717) is 5.69 Å². The van der Waals surface area contributed by atoms with E-state index in [1.165, 1.54) is 4.68 Å². The number of sulfone groups is 1. The smallest absolute Gasteiger partial charge is 0.308 e. The first-order valence-corrected chi connectivity index (χ1v) is 11.6. The van der Waals surface area contributed by atoms with Gasteiger partial charge in [-0.15, -0.1) is 0 Å². The molecule has 31 heavy (non-hydrogen) atoms. The lowest BCUT2D eigenvalue weighted by Gasteiger charge is -2.40. The Balaban J connectivity index is 1.75. The number of para-hydroxylation sites is 1. The van der Waals surface area contributed by atoms with E-state index in [0.717, 1.165) is 0 Å². The van der Waals surface area contributed by atoms with Gasteiger partial charge in [-0.3, -0.25) is 4.79 Å². The van der Waals surface area contributed by atoms with Crippen LogP contribution in [0.15, 0.2) is 35.5 Å². The van der Waals surface area contributed by atoms with E-state index in [4.69, 9.17) is 14.2 Å². The highest BCUT2D eigenvalue weighted by molar-refractivity contribution is 7.91. The molecule has 0 bridgehead atoms. The molecule has 0 unspecified atom stereocenters. The molecule has 1 saturated heterocycles. The summed E-state index contributed by atoms with van der Waals surface area (Å²) in [5.74, 6) is -1.82. The topological polar surface area (TPSA) is 123 Å². The molecule has 3 rings (SSSR count). The van der Waals surface area contributed by atoms with Gasteiger partial charge in [0.05, 0.1) is 30.1 Å². The first kappa shape index (κ1) is 23.3. The number of benzene rings is 1. The summed E-state index contributed by atoms with van der Waals surface area (Å²) in [6.07, 6.45) is -1.03. The fourth-order valence-electron chi connectivity index (χ4n) is 3.44. The molecule has 1 aliphatic heterocycles. The van der Waals surface area contributed by atoms with Gasteiger partial charge in [0.15, 0.2) is 5.79 Å². The highest BCUT2D eigenvalue weighted by Crippen LogP contribution is 2.30. The van der Waals surface area contributed by atoms with Gasteiger partial charge in [-0.1, -0.05) is 23.3 Å². The second-order valence-corrected chi connectivity index (χ2v) is 10.8. The fourth-order valence-corrected chi connectivity index (χ4v) is 4.85. The minimum atomic E-state index is -3.90. The van der Waals surface area contributed by atoms with Crippen LogP contribution in [0.4, 0.5) is 0 Å². The Morgan fingerprint density at radius 1 is 1.19 bits per heavy atom. The van der Waals surface area contributed by atoms with Crippen LogP contribution in [0.1, 0.15) is 47.5 Å². The molecule has 1 fully saturated rings. The van der Waals surface area contributed by atoms with Crippen molar-refractivity contribution in [1.82, 2.24) is 20.2 Å². The normalized spacial score (nSPS) is 21.6. The van der Waals surface area contributed by atoms with Crippen molar-refractivity contribution in [3.8, 4) is 5.69 Å². The molecule has 1 aliphatic rings. The standard InChI is InChI=1S/C20H28N4O6S/c1-19(2,3)30-17(25)12-15-11-16(29-20(4,5)28-15)13-31(26,27)18-21-22-23-24(18)14-9-7-6-8-10-14/h6-10,15-16H,11-13H2,1-5H3/t15-,16+/m1/s1. The highest BCUT2D eigenvalue weighted by atomic mass is 32.2. The molecule has 170 valence electrons. The van der Waals surface area contributed by atoms with E-state index in [1.807, 2.05) is 6.07 Å². The van der Waals surface area contributed by atoms with Crippen LogP contribution >= 0.6 is 0 Å². The van der Waals surface area contributed by atoms with Crippen LogP contribution in [0.5, 0.6) is 0 Å². The summed E-state index contributed by atoms with van der Waals surface area (Å²) in [5.41, 5.74) is -0.0863. The third kappa shape index (κ3) is 6.31. The Hall–Kier alpha value is -2.37. The van der Waals surface area contributed by atoms with E-state index < -0.39 is 39.4 Å². The van der Waals surface area contributed by atoms with Gasteiger partial charge in [0.1, 0.15) is 5.60 Å². The maximum Gasteiger partial charge on any atom is 0.308 e. The number of carbonyl (C=O) groups excluding carboxylic acids is 1. The molecule has 10 nitrogen and oxygen atoms in total. The third-order valence-electron chi connectivity index (χ3n) is 4.37. The molecule has 0 amide bonds. The summed E-state index contributed by atoms with van der Waals surface area (Å²) in [7, 11) is -3.90. The largest absolute Gasteiger partial charge is 0.460 e. The van der Waals surface area contributed by atoms with Crippen molar-refractivity contribution in [3.05, 3.63) is 30.3 Å². The molecule has 0 aliphatic carbocycles. The molecular formula is C20H28N4O6S. The lowest BCUT2D eigenvalue weighted by molar-refractivity contribution is -0.295. The van der Waals surface area contributed by atoms with Gasteiger partial charge < -0.3 is 14.2 Å². The molecule has 2 heterocycles. The molecule has 1 aromatic heterocycles.